The number of hydrogen-bond donors (Lipinski definition) is 2. The summed E-state index contributed by atoms with van der Waals surface area (Å²) in [5.41, 5.74) is 5.42. The lowest BCUT2D eigenvalue weighted by atomic mass is 9.99. The molecule has 0 aromatic carbocycles. The van der Waals surface area contributed by atoms with E-state index in [1.165, 1.54) is 154 Å². The average molecular weight is 467 g/mol. The molecule has 0 fully saturated rings. The number of primary amides is 1. The zero-order chi connectivity index (χ0) is 24.2. The van der Waals surface area contributed by atoms with Crippen LogP contribution in [-0.2, 0) is 0 Å². The first-order valence-corrected chi connectivity index (χ1v) is 15.3. The topological polar surface area (TPSA) is 55.1 Å². The molecule has 0 saturated heterocycles. The predicted octanol–water partition coefficient (Wildman–Crippen LogP) is 10.2. The Hall–Kier alpha value is -0.730. The lowest BCUT2D eigenvalue weighted by Crippen LogP contribution is -2.38. The van der Waals surface area contributed by atoms with Gasteiger partial charge in [0, 0.05) is 6.04 Å². The van der Waals surface area contributed by atoms with E-state index in [0.717, 1.165) is 12.8 Å². The third-order valence-electron chi connectivity index (χ3n) is 7.16. The summed E-state index contributed by atoms with van der Waals surface area (Å²) in [5, 5.41) is 3.00. The number of carbonyl (C=O) groups is 1. The van der Waals surface area contributed by atoms with E-state index >= 15 is 0 Å². The molecular formula is C30H62N2O. The summed E-state index contributed by atoms with van der Waals surface area (Å²) in [7, 11) is 0. The van der Waals surface area contributed by atoms with Crippen LogP contribution in [0.2, 0.25) is 0 Å². The summed E-state index contributed by atoms with van der Waals surface area (Å²) in [5.74, 6) is 0. The van der Waals surface area contributed by atoms with Gasteiger partial charge in [0.2, 0.25) is 0 Å². The summed E-state index contributed by atoms with van der Waals surface area (Å²) >= 11 is 0. The van der Waals surface area contributed by atoms with Crippen LogP contribution in [-0.4, -0.2) is 12.1 Å². The van der Waals surface area contributed by atoms with Gasteiger partial charge in [-0.1, -0.05) is 168 Å². The monoisotopic (exact) mass is 466 g/mol. The highest BCUT2D eigenvalue weighted by Crippen LogP contribution is 2.16. The maximum atomic E-state index is 11.4. The molecule has 198 valence electrons. The van der Waals surface area contributed by atoms with Crippen LogP contribution in [0.1, 0.15) is 181 Å². The zero-order valence-corrected chi connectivity index (χ0v) is 22.9. The molecular weight excluding hydrogens is 404 g/mol. The smallest absolute Gasteiger partial charge is 0.312 e. The first kappa shape index (κ1) is 32.3. The summed E-state index contributed by atoms with van der Waals surface area (Å²) in [6.07, 6.45) is 35.2. The molecule has 33 heavy (non-hydrogen) atoms. The predicted molar refractivity (Wildman–Crippen MR) is 148 cm³/mol. The quantitative estimate of drug-likeness (QED) is 0.116. The number of hydrogen-bond acceptors (Lipinski definition) is 1. The first-order chi connectivity index (χ1) is 16.2. The van der Waals surface area contributed by atoms with Crippen molar-refractivity contribution in [2.24, 2.45) is 5.73 Å². The highest BCUT2D eigenvalue weighted by atomic mass is 16.2. The van der Waals surface area contributed by atoms with E-state index < -0.39 is 0 Å². The molecule has 3 heteroatoms. The van der Waals surface area contributed by atoms with Gasteiger partial charge >= 0.3 is 6.03 Å². The SMILES string of the molecule is CCCCCCCCCCCCCCC(CCCCCCCCCCCCCC)NC(N)=O. The van der Waals surface area contributed by atoms with Gasteiger partial charge in [-0.25, -0.2) is 4.79 Å². The van der Waals surface area contributed by atoms with E-state index in [1.54, 1.807) is 0 Å². The molecule has 0 bridgehead atoms. The molecule has 0 rings (SSSR count). The minimum atomic E-state index is -0.349. The molecule has 0 aromatic heterocycles. The Kier molecular flexibility index (Phi) is 26.9. The molecule has 0 unspecified atom stereocenters. The minimum Gasteiger partial charge on any atom is -0.352 e. The second kappa shape index (κ2) is 27.5. The zero-order valence-electron chi connectivity index (χ0n) is 22.9. The minimum absolute atomic E-state index is 0.286. The molecule has 0 spiro atoms. The van der Waals surface area contributed by atoms with Crippen molar-refractivity contribution in [2.45, 2.75) is 187 Å². The van der Waals surface area contributed by atoms with Crippen LogP contribution in [0, 0.1) is 0 Å². The average Bonchev–Trinajstić information content (AvgIpc) is 2.80. The van der Waals surface area contributed by atoms with Gasteiger partial charge < -0.3 is 11.1 Å². The van der Waals surface area contributed by atoms with Gasteiger partial charge in [-0.2, -0.15) is 0 Å². The van der Waals surface area contributed by atoms with Crippen LogP contribution >= 0.6 is 0 Å². The molecule has 0 aliphatic carbocycles. The van der Waals surface area contributed by atoms with Crippen molar-refractivity contribution in [3.8, 4) is 0 Å². The molecule has 0 aliphatic heterocycles. The maximum absolute atomic E-state index is 11.4. The molecule has 2 amide bonds. The van der Waals surface area contributed by atoms with Crippen molar-refractivity contribution in [3.05, 3.63) is 0 Å². The van der Waals surface area contributed by atoms with Crippen molar-refractivity contribution < 1.29 is 4.79 Å². The fourth-order valence-electron chi connectivity index (χ4n) is 4.95. The van der Waals surface area contributed by atoms with Crippen molar-refractivity contribution in [2.75, 3.05) is 0 Å². The summed E-state index contributed by atoms with van der Waals surface area (Å²) in [6.45, 7) is 4.57. The van der Waals surface area contributed by atoms with Crippen molar-refractivity contribution in [3.63, 3.8) is 0 Å². The third-order valence-corrected chi connectivity index (χ3v) is 7.16. The Morgan fingerprint density at radius 1 is 0.485 bits per heavy atom. The molecule has 0 aromatic rings. The fourth-order valence-corrected chi connectivity index (χ4v) is 4.95. The molecule has 3 nitrogen and oxygen atoms in total. The van der Waals surface area contributed by atoms with E-state index in [4.69, 9.17) is 5.73 Å². The van der Waals surface area contributed by atoms with E-state index in [2.05, 4.69) is 19.2 Å². The Morgan fingerprint density at radius 2 is 0.727 bits per heavy atom. The van der Waals surface area contributed by atoms with E-state index in [1.807, 2.05) is 0 Å². The van der Waals surface area contributed by atoms with Gasteiger partial charge in [0.05, 0.1) is 0 Å². The summed E-state index contributed by atoms with van der Waals surface area (Å²) in [4.78, 5) is 11.4. The number of rotatable bonds is 27. The number of unbranched alkanes of at least 4 members (excludes halogenated alkanes) is 22. The molecule has 0 saturated carbocycles. The summed E-state index contributed by atoms with van der Waals surface area (Å²) in [6, 6.07) is -0.0633. The van der Waals surface area contributed by atoms with Gasteiger partial charge in [0.15, 0.2) is 0 Å². The highest BCUT2D eigenvalue weighted by molar-refractivity contribution is 5.71. The molecule has 0 aliphatic rings. The number of amides is 2. The second-order valence-corrected chi connectivity index (χ2v) is 10.6. The van der Waals surface area contributed by atoms with Crippen molar-refractivity contribution in [1.29, 1.82) is 0 Å². The fraction of sp³-hybridized carbons (Fsp3) is 0.967. The van der Waals surface area contributed by atoms with Crippen molar-refractivity contribution >= 4 is 6.03 Å². The molecule has 0 heterocycles. The Morgan fingerprint density at radius 3 is 0.970 bits per heavy atom. The normalized spacial score (nSPS) is 11.4. The van der Waals surface area contributed by atoms with Crippen LogP contribution < -0.4 is 11.1 Å². The Balaban J connectivity index is 3.52. The standard InChI is InChI=1S/C30H62N2O/c1-3-5-7-9-11-13-15-17-19-21-23-25-27-29(32-30(31)33)28-26-24-22-20-18-16-14-12-10-8-6-4-2/h29H,3-28H2,1-2H3,(H3,31,32,33). The van der Waals surface area contributed by atoms with Gasteiger partial charge in [-0.05, 0) is 12.8 Å². The number of nitrogens with one attached hydrogen (secondary N) is 1. The molecule has 0 radical (unpaired) electrons. The lowest BCUT2D eigenvalue weighted by molar-refractivity contribution is 0.243. The highest BCUT2D eigenvalue weighted by Gasteiger charge is 2.09. The van der Waals surface area contributed by atoms with Gasteiger partial charge in [0.1, 0.15) is 0 Å². The Bertz CT molecular complexity index is 357. The number of nitrogens with two attached hydrogens (primary N) is 1. The number of urea groups is 1. The molecule has 3 N–H and O–H groups in total. The number of carbonyl (C=O) groups excluding carboxylic acids is 1. The van der Waals surface area contributed by atoms with Crippen LogP contribution in [0.5, 0.6) is 0 Å². The Labute approximate surface area is 208 Å². The van der Waals surface area contributed by atoms with E-state index in [9.17, 15) is 4.79 Å². The molecule has 0 atom stereocenters. The van der Waals surface area contributed by atoms with Crippen LogP contribution in [0.3, 0.4) is 0 Å². The van der Waals surface area contributed by atoms with Gasteiger partial charge in [-0.3, -0.25) is 0 Å². The van der Waals surface area contributed by atoms with Crippen molar-refractivity contribution in [1.82, 2.24) is 5.32 Å². The summed E-state index contributed by atoms with van der Waals surface area (Å²) < 4.78 is 0. The third kappa shape index (κ3) is 27.4. The van der Waals surface area contributed by atoms with Gasteiger partial charge in [0.25, 0.3) is 0 Å². The van der Waals surface area contributed by atoms with E-state index in [0.29, 0.717) is 0 Å². The first-order valence-electron chi connectivity index (χ1n) is 15.3. The lowest BCUT2D eigenvalue weighted by Gasteiger charge is -2.17. The van der Waals surface area contributed by atoms with Crippen LogP contribution in [0.25, 0.3) is 0 Å². The van der Waals surface area contributed by atoms with Crippen LogP contribution in [0.15, 0.2) is 0 Å². The van der Waals surface area contributed by atoms with E-state index in [-0.39, 0.29) is 12.1 Å². The maximum Gasteiger partial charge on any atom is 0.312 e. The largest absolute Gasteiger partial charge is 0.352 e. The van der Waals surface area contributed by atoms with Gasteiger partial charge in [-0.15, -0.1) is 0 Å². The second-order valence-electron chi connectivity index (χ2n) is 10.6. The van der Waals surface area contributed by atoms with Crippen LogP contribution in [0.4, 0.5) is 4.79 Å².